The predicted octanol–water partition coefficient (Wildman–Crippen LogP) is 3.64. The van der Waals surface area contributed by atoms with Crippen molar-refractivity contribution < 1.29 is 9.47 Å². The van der Waals surface area contributed by atoms with Crippen LogP contribution in [0.4, 0.5) is 0 Å². The molecule has 1 aliphatic rings. The van der Waals surface area contributed by atoms with Crippen LogP contribution in [0, 0.1) is 0 Å². The number of hydrogen-bond acceptors (Lipinski definition) is 5. The first kappa shape index (κ1) is 18.7. The molecule has 1 aliphatic heterocycles. The van der Waals surface area contributed by atoms with E-state index in [2.05, 4.69) is 46.6 Å². The zero-order chi connectivity index (χ0) is 19.3. The Labute approximate surface area is 166 Å². The number of benzene rings is 2. The molecule has 2 heterocycles. The molecule has 1 fully saturated rings. The summed E-state index contributed by atoms with van der Waals surface area (Å²) in [4.78, 5) is 7.26. The van der Waals surface area contributed by atoms with Gasteiger partial charge >= 0.3 is 0 Å². The quantitative estimate of drug-likeness (QED) is 0.736. The molecule has 5 nitrogen and oxygen atoms in total. The van der Waals surface area contributed by atoms with Crippen LogP contribution in [0.25, 0.3) is 10.9 Å². The Bertz CT molecular complexity index is 936. The lowest BCUT2D eigenvalue weighted by molar-refractivity contribution is 0.240. The molecule has 28 heavy (non-hydrogen) atoms. The van der Waals surface area contributed by atoms with E-state index in [-0.39, 0.29) is 6.04 Å². The monoisotopic (exact) mass is 377 g/mol. The first-order valence-electron chi connectivity index (χ1n) is 9.81. The molecule has 1 atom stereocenters. The summed E-state index contributed by atoms with van der Waals surface area (Å²) in [6, 6.07) is 16.9. The lowest BCUT2D eigenvalue weighted by Crippen LogP contribution is -2.33. The average Bonchev–Trinajstić information content (AvgIpc) is 3.03. The Morgan fingerprint density at radius 2 is 1.79 bits per heavy atom. The number of aromatic nitrogens is 1. The smallest absolute Gasteiger partial charge is 0.161 e. The Kier molecular flexibility index (Phi) is 5.74. The van der Waals surface area contributed by atoms with E-state index in [1.165, 1.54) is 16.5 Å². The molecule has 1 saturated heterocycles. The van der Waals surface area contributed by atoms with Gasteiger partial charge in [0.2, 0.25) is 0 Å². The van der Waals surface area contributed by atoms with Crippen LogP contribution in [0.2, 0.25) is 0 Å². The first-order valence-corrected chi connectivity index (χ1v) is 9.81. The van der Waals surface area contributed by atoms with E-state index in [1.807, 2.05) is 18.3 Å². The molecule has 3 aromatic rings. The molecule has 4 rings (SSSR count). The number of nitrogens with zero attached hydrogens (tertiary/aromatic N) is 2. The number of pyridine rings is 1. The van der Waals surface area contributed by atoms with Crippen molar-refractivity contribution >= 4 is 10.9 Å². The maximum atomic E-state index is 5.57. The fourth-order valence-electron chi connectivity index (χ4n) is 4.00. The zero-order valence-corrected chi connectivity index (χ0v) is 16.5. The van der Waals surface area contributed by atoms with E-state index >= 15 is 0 Å². The Hall–Kier alpha value is -2.63. The second-order valence-electron chi connectivity index (χ2n) is 7.12. The lowest BCUT2D eigenvalue weighted by atomic mass is 9.96. The number of hydrogen-bond donors (Lipinski definition) is 1. The van der Waals surface area contributed by atoms with Crippen molar-refractivity contribution in [2.24, 2.45) is 0 Å². The number of ether oxygens (including phenoxy) is 2. The highest BCUT2D eigenvalue weighted by atomic mass is 16.5. The van der Waals surface area contributed by atoms with Gasteiger partial charge in [0.05, 0.1) is 25.8 Å². The maximum absolute atomic E-state index is 5.57. The van der Waals surface area contributed by atoms with Gasteiger partial charge in [0.25, 0.3) is 0 Å². The molecule has 0 amide bonds. The third-order valence-corrected chi connectivity index (χ3v) is 5.39. The van der Waals surface area contributed by atoms with Crippen molar-refractivity contribution in [3.63, 3.8) is 0 Å². The summed E-state index contributed by atoms with van der Waals surface area (Å²) in [6.45, 7) is 4.08. The Balaban J connectivity index is 1.81. The summed E-state index contributed by atoms with van der Waals surface area (Å²) < 4.78 is 11.0. The van der Waals surface area contributed by atoms with Crippen LogP contribution in [0.15, 0.2) is 54.7 Å². The number of methoxy groups -OCH3 is 2. The van der Waals surface area contributed by atoms with Gasteiger partial charge in [0, 0.05) is 31.2 Å². The fourth-order valence-corrected chi connectivity index (χ4v) is 4.00. The number of nitrogens with one attached hydrogen (secondary N) is 1. The minimum Gasteiger partial charge on any atom is -0.493 e. The number of fused-ring (bicyclic) bond motifs is 1. The van der Waals surface area contributed by atoms with Crippen molar-refractivity contribution in [3.8, 4) is 11.5 Å². The lowest BCUT2D eigenvalue weighted by Gasteiger charge is -2.31. The van der Waals surface area contributed by atoms with Crippen molar-refractivity contribution in [3.05, 3.63) is 65.9 Å². The van der Waals surface area contributed by atoms with E-state index in [9.17, 15) is 0 Å². The van der Waals surface area contributed by atoms with E-state index in [0.29, 0.717) is 0 Å². The minimum atomic E-state index is 0.122. The molecule has 1 unspecified atom stereocenters. The Morgan fingerprint density at radius 3 is 2.64 bits per heavy atom. The molecule has 1 N–H and O–H groups in total. The van der Waals surface area contributed by atoms with Crippen LogP contribution in [-0.4, -0.2) is 50.3 Å². The topological polar surface area (TPSA) is 46.6 Å². The molecular formula is C23H27N3O2. The fraction of sp³-hybridized carbons (Fsp3) is 0.348. The Morgan fingerprint density at radius 1 is 0.929 bits per heavy atom. The summed E-state index contributed by atoms with van der Waals surface area (Å²) in [5.41, 5.74) is 3.42. The van der Waals surface area contributed by atoms with Crippen LogP contribution in [0.3, 0.4) is 0 Å². The molecule has 0 spiro atoms. The molecule has 0 bridgehead atoms. The van der Waals surface area contributed by atoms with Crippen LogP contribution >= 0.6 is 0 Å². The average molecular weight is 377 g/mol. The predicted molar refractivity (Wildman–Crippen MR) is 112 cm³/mol. The van der Waals surface area contributed by atoms with E-state index in [4.69, 9.17) is 14.5 Å². The third kappa shape index (κ3) is 3.81. The van der Waals surface area contributed by atoms with Crippen LogP contribution in [0.5, 0.6) is 11.5 Å². The van der Waals surface area contributed by atoms with Gasteiger partial charge in [0.1, 0.15) is 0 Å². The van der Waals surface area contributed by atoms with Gasteiger partial charge in [0.15, 0.2) is 11.5 Å². The van der Waals surface area contributed by atoms with Gasteiger partial charge in [-0.05, 0) is 48.4 Å². The number of para-hydroxylation sites is 1. The highest BCUT2D eigenvalue weighted by molar-refractivity contribution is 5.79. The van der Waals surface area contributed by atoms with Gasteiger partial charge in [-0.3, -0.25) is 9.88 Å². The largest absolute Gasteiger partial charge is 0.493 e. The van der Waals surface area contributed by atoms with Crippen LogP contribution < -0.4 is 14.8 Å². The zero-order valence-electron chi connectivity index (χ0n) is 16.5. The summed E-state index contributed by atoms with van der Waals surface area (Å²) >= 11 is 0. The van der Waals surface area contributed by atoms with Crippen molar-refractivity contribution in [2.45, 2.75) is 12.5 Å². The van der Waals surface area contributed by atoms with Crippen LogP contribution in [-0.2, 0) is 0 Å². The molecule has 5 heteroatoms. The maximum Gasteiger partial charge on any atom is 0.161 e. The summed E-state index contributed by atoms with van der Waals surface area (Å²) in [7, 11) is 3.35. The molecule has 1 aromatic heterocycles. The van der Waals surface area contributed by atoms with E-state index in [1.54, 1.807) is 14.2 Å². The number of rotatable bonds is 5. The molecule has 0 aliphatic carbocycles. The highest BCUT2D eigenvalue weighted by Gasteiger charge is 2.25. The standard InChI is InChI=1S/C23H27N3O2/c1-27-21-9-8-18(15-22(21)28-2)23(26-12-5-10-24-11-13-26)19-14-17-6-3-4-7-20(17)25-16-19/h3-4,6-9,14-16,23-24H,5,10-13H2,1-2H3. The minimum absolute atomic E-state index is 0.122. The van der Waals surface area contributed by atoms with Gasteiger partial charge in [-0.25, -0.2) is 0 Å². The van der Waals surface area contributed by atoms with Gasteiger partial charge in [-0.2, -0.15) is 0 Å². The SMILES string of the molecule is COc1ccc(C(c2cnc3ccccc3c2)N2CCCNCC2)cc1OC. The van der Waals surface area contributed by atoms with Crippen molar-refractivity contribution in [1.82, 2.24) is 15.2 Å². The van der Waals surface area contributed by atoms with E-state index in [0.717, 1.165) is 49.6 Å². The van der Waals surface area contributed by atoms with Crippen molar-refractivity contribution in [1.29, 1.82) is 0 Å². The molecule has 2 aromatic carbocycles. The summed E-state index contributed by atoms with van der Waals surface area (Å²) in [6.07, 6.45) is 3.15. The van der Waals surface area contributed by atoms with E-state index < -0.39 is 0 Å². The summed E-state index contributed by atoms with van der Waals surface area (Å²) in [5, 5.41) is 4.67. The molecule has 0 radical (unpaired) electrons. The highest BCUT2D eigenvalue weighted by Crippen LogP contribution is 2.36. The second-order valence-corrected chi connectivity index (χ2v) is 7.12. The molecule has 0 saturated carbocycles. The van der Waals surface area contributed by atoms with Crippen LogP contribution in [0.1, 0.15) is 23.6 Å². The molecule has 146 valence electrons. The summed E-state index contributed by atoms with van der Waals surface area (Å²) in [5.74, 6) is 1.51. The van der Waals surface area contributed by atoms with Gasteiger partial charge in [-0.15, -0.1) is 0 Å². The van der Waals surface area contributed by atoms with Crippen molar-refractivity contribution in [2.75, 3.05) is 40.4 Å². The van der Waals surface area contributed by atoms with Gasteiger partial charge < -0.3 is 14.8 Å². The first-order chi connectivity index (χ1) is 13.8. The molecular weight excluding hydrogens is 350 g/mol. The second kappa shape index (κ2) is 8.59. The third-order valence-electron chi connectivity index (χ3n) is 5.39. The normalized spacial score (nSPS) is 16.5. The van der Waals surface area contributed by atoms with Gasteiger partial charge in [-0.1, -0.05) is 24.3 Å².